The Balaban J connectivity index is 1.62. The summed E-state index contributed by atoms with van der Waals surface area (Å²) in [7, 11) is 0. The van der Waals surface area contributed by atoms with E-state index in [1.807, 2.05) is 48.5 Å². The fourth-order valence-electron chi connectivity index (χ4n) is 4.14. The molecule has 2 rings (SSSR count). The first-order valence-corrected chi connectivity index (χ1v) is 13.6. The molecule has 0 heterocycles. The van der Waals surface area contributed by atoms with Gasteiger partial charge in [0, 0.05) is 23.4 Å². The molecule has 2 aromatic rings. The van der Waals surface area contributed by atoms with Crippen molar-refractivity contribution in [3.05, 3.63) is 59.7 Å². The zero-order valence-electron chi connectivity index (χ0n) is 22.4. The minimum Gasteiger partial charge on any atom is -0.326 e. The van der Waals surface area contributed by atoms with Crippen LogP contribution in [0.25, 0.3) is 0 Å². The lowest BCUT2D eigenvalue weighted by Gasteiger charge is -2.19. The zero-order valence-corrected chi connectivity index (χ0v) is 22.4. The van der Waals surface area contributed by atoms with Gasteiger partial charge in [-0.1, -0.05) is 104 Å². The molecule has 0 saturated carbocycles. The summed E-state index contributed by atoms with van der Waals surface area (Å²) < 4.78 is 0. The second-order valence-electron chi connectivity index (χ2n) is 10.7. The highest BCUT2D eigenvalue weighted by Crippen LogP contribution is 2.23. The molecule has 0 saturated heterocycles. The second-order valence-corrected chi connectivity index (χ2v) is 10.7. The first-order valence-electron chi connectivity index (χ1n) is 13.6. The van der Waals surface area contributed by atoms with Crippen molar-refractivity contribution >= 4 is 23.2 Å². The van der Waals surface area contributed by atoms with Gasteiger partial charge in [-0.2, -0.15) is 0 Å². The summed E-state index contributed by atoms with van der Waals surface area (Å²) in [6.45, 7) is 8.72. The van der Waals surface area contributed by atoms with Gasteiger partial charge in [-0.05, 0) is 53.8 Å². The van der Waals surface area contributed by atoms with Crippen LogP contribution in [-0.2, 0) is 10.2 Å². The third-order valence-electron chi connectivity index (χ3n) is 6.45. The van der Waals surface area contributed by atoms with E-state index in [1.54, 1.807) is 0 Å². The number of amides is 2. The Morgan fingerprint density at radius 3 is 1.57 bits per heavy atom. The van der Waals surface area contributed by atoms with Crippen molar-refractivity contribution in [2.75, 3.05) is 10.6 Å². The number of nitrogens with one attached hydrogen (secondary N) is 2. The Bertz CT molecular complexity index is 880. The second kappa shape index (κ2) is 15.4. The monoisotopic (exact) mass is 478 g/mol. The van der Waals surface area contributed by atoms with Crippen LogP contribution in [0.15, 0.2) is 48.5 Å². The van der Waals surface area contributed by atoms with Crippen LogP contribution in [0, 0.1) is 0 Å². The molecule has 4 nitrogen and oxygen atoms in total. The number of rotatable bonds is 15. The number of carbonyl (C=O) groups excluding carboxylic acids is 2. The van der Waals surface area contributed by atoms with Crippen LogP contribution in [0.3, 0.4) is 0 Å². The van der Waals surface area contributed by atoms with E-state index in [9.17, 15) is 9.59 Å². The highest BCUT2D eigenvalue weighted by molar-refractivity contribution is 6.04. The van der Waals surface area contributed by atoms with Crippen LogP contribution in [0.5, 0.6) is 0 Å². The SMILES string of the molecule is CCCCCCCCCCCCCC(=O)Nc1ccc(NC(=O)c2ccc(C(C)(C)C)cc2)cc1. The van der Waals surface area contributed by atoms with Gasteiger partial charge in [-0.25, -0.2) is 0 Å². The molecule has 0 aliphatic heterocycles. The van der Waals surface area contributed by atoms with Gasteiger partial charge in [-0.3, -0.25) is 9.59 Å². The van der Waals surface area contributed by atoms with Crippen molar-refractivity contribution < 1.29 is 9.59 Å². The lowest BCUT2D eigenvalue weighted by molar-refractivity contribution is -0.116. The Labute approximate surface area is 213 Å². The predicted octanol–water partition coefficient (Wildman–Crippen LogP) is 8.88. The van der Waals surface area contributed by atoms with E-state index < -0.39 is 0 Å². The molecule has 2 N–H and O–H groups in total. The lowest BCUT2D eigenvalue weighted by atomic mass is 9.87. The third-order valence-corrected chi connectivity index (χ3v) is 6.45. The molecule has 0 aliphatic rings. The summed E-state index contributed by atoms with van der Waals surface area (Å²) in [6, 6.07) is 15.0. The van der Waals surface area contributed by atoms with Crippen molar-refractivity contribution in [1.82, 2.24) is 0 Å². The summed E-state index contributed by atoms with van der Waals surface area (Å²) in [5, 5.41) is 5.88. The average molecular weight is 479 g/mol. The summed E-state index contributed by atoms with van der Waals surface area (Å²) in [4.78, 5) is 24.8. The smallest absolute Gasteiger partial charge is 0.255 e. The fraction of sp³-hybridized carbons (Fsp3) is 0.548. The summed E-state index contributed by atoms with van der Waals surface area (Å²) in [5.74, 6) is -0.0876. The Hall–Kier alpha value is -2.62. The van der Waals surface area contributed by atoms with E-state index in [0.717, 1.165) is 18.5 Å². The number of hydrogen-bond acceptors (Lipinski definition) is 2. The van der Waals surface area contributed by atoms with Crippen molar-refractivity contribution in [1.29, 1.82) is 0 Å². The van der Waals surface area contributed by atoms with Crippen molar-refractivity contribution in [3.63, 3.8) is 0 Å². The van der Waals surface area contributed by atoms with E-state index in [2.05, 4.69) is 38.3 Å². The number of benzene rings is 2. The molecule has 4 heteroatoms. The molecule has 0 unspecified atom stereocenters. The Kier molecular flexibility index (Phi) is 12.6. The van der Waals surface area contributed by atoms with E-state index in [1.165, 1.54) is 63.4 Å². The number of unbranched alkanes of at least 4 members (excludes halogenated alkanes) is 10. The minimum atomic E-state index is -0.140. The van der Waals surface area contributed by atoms with Crippen LogP contribution in [0.1, 0.15) is 121 Å². The Morgan fingerprint density at radius 1 is 0.629 bits per heavy atom. The van der Waals surface area contributed by atoms with Gasteiger partial charge in [0.25, 0.3) is 5.91 Å². The number of hydrogen-bond donors (Lipinski definition) is 2. The van der Waals surface area contributed by atoms with Crippen LogP contribution in [-0.4, -0.2) is 11.8 Å². The maximum Gasteiger partial charge on any atom is 0.255 e. The van der Waals surface area contributed by atoms with Crippen LogP contribution >= 0.6 is 0 Å². The molecule has 0 radical (unpaired) electrons. The molecule has 2 aromatic carbocycles. The number of anilines is 2. The van der Waals surface area contributed by atoms with Gasteiger partial charge in [-0.15, -0.1) is 0 Å². The van der Waals surface area contributed by atoms with Gasteiger partial charge in [0.05, 0.1) is 0 Å². The van der Waals surface area contributed by atoms with E-state index in [-0.39, 0.29) is 17.2 Å². The molecule has 0 atom stereocenters. The van der Waals surface area contributed by atoms with Crippen LogP contribution in [0.2, 0.25) is 0 Å². The first-order chi connectivity index (χ1) is 16.8. The Morgan fingerprint density at radius 2 is 1.09 bits per heavy atom. The molecular formula is C31H46N2O2. The van der Waals surface area contributed by atoms with E-state index >= 15 is 0 Å². The number of carbonyl (C=O) groups is 2. The maximum absolute atomic E-state index is 12.5. The standard InChI is InChI=1S/C31H46N2O2/c1-5-6-7-8-9-10-11-12-13-14-15-16-29(34)32-27-21-23-28(24-22-27)33-30(35)25-17-19-26(20-18-25)31(2,3)4/h17-24H,5-16H2,1-4H3,(H,32,34)(H,33,35). The van der Waals surface area contributed by atoms with Gasteiger partial charge in [0.1, 0.15) is 0 Å². The molecule has 0 spiro atoms. The van der Waals surface area contributed by atoms with Gasteiger partial charge < -0.3 is 10.6 Å². The highest BCUT2D eigenvalue weighted by Gasteiger charge is 2.14. The highest BCUT2D eigenvalue weighted by atomic mass is 16.2. The lowest BCUT2D eigenvalue weighted by Crippen LogP contribution is -2.14. The zero-order chi connectivity index (χ0) is 25.5. The molecule has 0 aliphatic carbocycles. The molecule has 35 heavy (non-hydrogen) atoms. The molecule has 192 valence electrons. The minimum absolute atomic E-state index is 0.0525. The maximum atomic E-state index is 12.5. The molecule has 0 aromatic heterocycles. The van der Waals surface area contributed by atoms with Crippen LogP contribution < -0.4 is 10.6 Å². The van der Waals surface area contributed by atoms with Crippen LogP contribution in [0.4, 0.5) is 11.4 Å². The molecule has 0 bridgehead atoms. The van der Waals surface area contributed by atoms with E-state index in [4.69, 9.17) is 0 Å². The predicted molar refractivity (Wildman–Crippen MR) is 149 cm³/mol. The van der Waals surface area contributed by atoms with Gasteiger partial charge in [0.15, 0.2) is 0 Å². The largest absolute Gasteiger partial charge is 0.326 e. The van der Waals surface area contributed by atoms with Gasteiger partial charge >= 0.3 is 0 Å². The molecule has 2 amide bonds. The summed E-state index contributed by atoms with van der Waals surface area (Å²) >= 11 is 0. The van der Waals surface area contributed by atoms with Crippen molar-refractivity contribution in [2.45, 2.75) is 110 Å². The first kappa shape index (κ1) is 28.6. The fourth-order valence-corrected chi connectivity index (χ4v) is 4.14. The summed E-state index contributed by atoms with van der Waals surface area (Å²) in [6.07, 6.45) is 14.6. The quantitative estimate of drug-likeness (QED) is 0.251. The van der Waals surface area contributed by atoms with Gasteiger partial charge in [0.2, 0.25) is 5.91 Å². The third kappa shape index (κ3) is 11.6. The van der Waals surface area contributed by atoms with Crippen molar-refractivity contribution in [3.8, 4) is 0 Å². The summed E-state index contributed by atoms with van der Waals surface area (Å²) in [5.41, 5.74) is 3.34. The van der Waals surface area contributed by atoms with E-state index in [0.29, 0.717) is 17.7 Å². The average Bonchev–Trinajstić information content (AvgIpc) is 2.83. The molecule has 0 fully saturated rings. The topological polar surface area (TPSA) is 58.2 Å². The molecular weight excluding hydrogens is 432 g/mol. The van der Waals surface area contributed by atoms with Crippen molar-refractivity contribution in [2.24, 2.45) is 0 Å². The normalized spacial score (nSPS) is 11.3.